The van der Waals surface area contributed by atoms with E-state index in [4.69, 9.17) is 0 Å². The van der Waals surface area contributed by atoms with E-state index in [9.17, 15) is 24.6 Å². The molecule has 0 saturated heterocycles. The molecular formula is C26H35N3O5. The van der Waals surface area contributed by atoms with E-state index in [0.29, 0.717) is 18.4 Å². The quantitative estimate of drug-likeness (QED) is 0.305. The van der Waals surface area contributed by atoms with Gasteiger partial charge in [0, 0.05) is 12.1 Å². The lowest BCUT2D eigenvalue weighted by atomic mass is 10.0. The second-order valence-electron chi connectivity index (χ2n) is 8.88. The highest BCUT2D eigenvalue weighted by Gasteiger charge is 2.27. The van der Waals surface area contributed by atoms with E-state index in [1.54, 1.807) is 31.2 Å². The Morgan fingerprint density at radius 1 is 0.853 bits per heavy atom. The van der Waals surface area contributed by atoms with Gasteiger partial charge >= 0.3 is 5.97 Å². The SMILES string of the molecule is CC(C)C[C@H](NC(=O)[C@H](Cc1ccccc1)NCC(O)[C@H](C)NC(=O)c1ccccc1)C(=O)O. The lowest BCUT2D eigenvalue weighted by Crippen LogP contribution is -2.54. The zero-order valence-electron chi connectivity index (χ0n) is 19.9. The molecule has 0 aliphatic rings. The van der Waals surface area contributed by atoms with Crippen LogP contribution in [0, 0.1) is 5.92 Å². The van der Waals surface area contributed by atoms with Crippen LogP contribution in [0.5, 0.6) is 0 Å². The van der Waals surface area contributed by atoms with Crippen molar-refractivity contribution in [2.24, 2.45) is 5.92 Å². The molecule has 0 spiro atoms. The normalized spacial score (nSPS) is 14.6. The molecule has 0 saturated carbocycles. The molecule has 184 valence electrons. The van der Waals surface area contributed by atoms with Gasteiger partial charge < -0.3 is 26.2 Å². The van der Waals surface area contributed by atoms with Gasteiger partial charge in [0.2, 0.25) is 5.91 Å². The largest absolute Gasteiger partial charge is 0.480 e. The van der Waals surface area contributed by atoms with Crippen LogP contribution in [0.25, 0.3) is 0 Å². The van der Waals surface area contributed by atoms with Crippen molar-refractivity contribution in [3.8, 4) is 0 Å². The van der Waals surface area contributed by atoms with Gasteiger partial charge in [-0.3, -0.25) is 9.59 Å². The number of hydrogen-bond donors (Lipinski definition) is 5. The molecule has 0 bridgehead atoms. The number of aliphatic hydroxyl groups is 1. The summed E-state index contributed by atoms with van der Waals surface area (Å²) in [5, 5.41) is 28.5. The number of amides is 2. The van der Waals surface area contributed by atoms with E-state index in [1.165, 1.54) is 0 Å². The molecule has 0 aliphatic carbocycles. The summed E-state index contributed by atoms with van der Waals surface area (Å²) in [5.41, 5.74) is 1.38. The Morgan fingerprint density at radius 3 is 2.00 bits per heavy atom. The van der Waals surface area contributed by atoms with Crippen LogP contribution in [0.4, 0.5) is 0 Å². The minimum atomic E-state index is -1.09. The predicted molar refractivity (Wildman–Crippen MR) is 130 cm³/mol. The molecule has 8 heteroatoms. The highest BCUT2D eigenvalue weighted by molar-refractivity contribution is 5.94. The van der Waals surface area contributed by atoms with Crippen LogP contribution in [0.1, 0.15) is 43.1 Å². The molecule has 0 heterocycles. The summed E-state index contributed by atoms with van der Waals surface area (Å²) in [6.07, 6.45) is -0.340. The second-order valence-corrected chi connectivity index (χ2v) is 8.88. The highest BCUT2D eigenvalue weighted by Crippen LogP contribution is 2.08. The molecule has 0 aromatic heterocycles. The number of hydrogen-bond acceptors (Lipinski definition) is 5. The third-order valence-electron chi connectivity index (χ3n) is 5.47. The third kappa shape index (κ3) is 8.96. The number of benzene rings is 2. The fourth-order valence-electron chi connectivity index (χ4n) is 3.49. The first-order valence-corrected chi connectivity index (χ1v) is 11.5. The highest BCUT2D eigenvalue weighted by atomic mass is 16.4. The molecule has 2 aromatic rings. The number of carboxylic acid groups (broad SMARTS) is 1. The molecule has 0 fully saturated rings. The minimum Gasteiger partial charge on any atom is -0.480 e. The maximum absolute atomic E-state index is 13.0. The van der Waals surface area contributed by atoms with Crippen LogP contribution in [0.2, 0.25) is 0 Å². The van der Waals surface area contributed by atoms with Gasteiger partial charge in [0.05, 0.1) is 18.2 Å². The molecule has 8 nitrogen and oxygen atoms in total. The maximum atomic E-state index is 13.0. The first-order valence-electron chi connectivity index (χ1n) is 11.5. The minimum absolute atomic E-state index is 0.0308. The van der Waals surface area contributed by atoms with Gasteiger partial charge in [-0.2, -0.15) is 0 Å². The van der Waals surface area contributed by atoms with Gasteiger partial charge in [-0.15, -0.1) is 0 Å². The molecule has 4 atom stereocenters. The lowest BCUT2D eigenvalue weighted by molar-refractivity contribution is -0.142. The number of aliphatic carboxylic acids is 1. The molecule has 34 heavy (non-hydrogen) atoms. The van der Waals surface area contributed by atoms with E-state index < -0.39 is 36.1 Å². The van der Waals surface area contributed by atoms with Crippen LogP contribution < -0.4 is 16.0 Å². The fraction of sp³-hybridized carbons (Fsp3) is 0.423. The molecule has 2 rings (SSSR count). The summed E-state index contributed by atoms with van der Waals surface area (Å²) in [4.78, 5) is 37.0. The van der Waals surface area contributed by atoms with Gasteiger partial charge in [-0.1, -0.05) is 62.4 Å². The summed E-state index contributed by atoms with van der Waals surface area (Å²) in [6.45, 7) is 5.50. The van der Waals surface area contributed by atoms with Crippen molar-refractivity contribution in [3.05, 3.63) is 71.8 Å². The van der Waals surface area contributed by atoms with E-state index >= 15 is 0 Å². The fourth-order valence-corrected chi connectivity index (χ4v) is 3.49. The van der Waals surface area contributed by atoms with Crippen LogP contribution >= 0.6 is 0 Å². The molecule has 2 aromatic carbocycles. The average Bonchev–Trinajstić information content (AvgIpc) is 2.81. The van der Waals surface area contributed by atoms with Crippen LogP contribution in [0.3, 0.4) is 0 Å². The molecule has 1 unspecified atom stereocenters. The molecule has 0 radical (unpaired) electrons. The Balaban J connectivity index is 2.03. The Morgan fingerprint density at radius 2 is 1.44 bits per heavy atom. The zero-order chi connectivity index (χ0) is 25.1. The van der Waals surface area contributed by atoms with Crippen LogP contribution in [0.15, 0.2) is 60.7 Å². The Hall–Kier alpha value is -3.23. The van der Waals surface area contributed by atoms with E-state index in [-0.39, 0.29) is 18.4 Å². The van der Waals surface area contributed by atoms with Crippen molar-refractivity contribution >= 4 is 17.8 Å². The monoisotopic (exact) mass is 469 g/mol. The van der Waals surface area contributed by atoms with Crippen molar-refractivity contribution in [2.45, 2.75) is 57.8 Å². The van der Waals surface area contributed by atoms with Crippen molar-refractivity contribution in [1.82, 2.24) is 16.0 Å². The van der Waals surface area contributed by atoms with Crippen molar-refractivity contribution < 1.29 is 24.6 Å². The van der Waals surface area contributed by atoms with Gasteiger partial charge in [0.15, 0.2) is 0 Å². The third-order valence-corrected chi connectivity index (χ3v) is 5.47. The van der Waals surface area contributed by atoms with E-state index in [0.717, 1.165) is 5.56 Å². The zero-order valence-corrected chi connectivity index (χ0v) is 19.9. The number of rotatable bonds is 13. The van der Waals surface area contributed by atoms with E-state index in [2.05, 4.69) is 16.0 Å². The molecule has 0 aliphatic heterocycles. The van der Waals surface area contributed by atoms with Crippen molar-refractivity contribution in [2.75, 3.05) is 6.54 Å². The smallest absolute Gasteiger partial charge is 0.326 e. The number of aliphatic hydroxyl groups excluding tert-OH is 1. The average molecular weight is 470 g/mol. The maximum Gasteiger partial charge on any atom is 0.326 e. The summed E-state index contributed by atoms with van der Waals surface area (Å²) >= 11 is 0. The van der Waals surface area contributed by atoms with Gasteiger partial charge in [-0.05, 0) is 43.4 Å². The summed E-state index contributed by atoms with van der Waals surface area (Å²) in [7, 11) is 0. The first-order chi connectivity index (χ1) is 16.2. The van der Waals surface area contributed by atoms with Gasteiger partial charge in [0.25, 0.3) is 5.91 Å². The van der Waals surface area contributed by atoms with Crippen LogP contribution in [-0.2, 0) is 16.0 Å². The number of carbonyl (C=O) groups is 3. The van der Waals surface area contributed by atoms with Crippen molar-refractivity contribution in [1.29, 1.82) is 0 Å². The predicted octanol–water partition coefficient (Wildman–Crippen LogP) is 1.98. The topological polar surface area (TPSA) is 128 Å². The van der Waals surface area contributed by atoms with Crippen LogP contribution in [-0.4, -0.2) is 58.8 Å². The lowest BCUT2D eigenvalue weighted by Gasteiger charge is -2.25. The number of carboxylic acids is 1. The van der Waals surface area contributed by atoms with Gasteiger partial charge in [0.1, 0.15) is 6.04 Å². The summed E-state index contributed by atoms with van der Waals surface area (Å²) in [6, 6.07) is 15.7. The first kappa shape index (κ1) is 27.0. The molecule has 2 amide bonds. The number of nitrogens with one attached hydrogen (secondary N) is 3. The molecular weight excluding hydrogens is 434 g/mol. The number of carbonyl (C=O) groups excluding carboxylic acids is 2. The molecule has 5 N–H and O–H groups in total. The summed E-state index contributed by atoms with van der Waals surface area (Å²) in [5.74, 6) is -1.75. The Kier molecular flexibility index (Phi) is 10.7. The second kappa shape index (κ2) is 13.5. The standard InChI is InChI=1S/C26H35N3O5/c1-17(2)14-22(26(33)34)29-25(32)21(15-19-10-6-4-7-11-19)27-16-23(30)18(3)28-24(31)20-12-8-5-9-13-20/h4-13,17-18,21-23,27,30H,14-16H2,1-3H3,(H,28,31)(H,29,32)(H,33,34)/t18-,21-,22-,23?/m0/s1. The Bertz CT molecular complexity index is 921. The van der Waals surface area contributed by atoms with Crippen molar-refractivity contribution in [3.63, 3.8) is 0 Å². The van der Waals surface area contributed by atoms with Gasteiger partial charge in [-0.25, -0.2) is 4.79 Å². The summed E-state index contributed by atoms with van der Waals surface area (Å²) < 4.78 is 0. The van der Waals surface area contributed by atoms with E-state index in [1.807, 2.05) is 50.2 Å². The Labute approximate surface area is 200 Å².